The van der Waals surface area contributed by atoms with E-state index in [9.17, 15) is 0 Å². The van der Waals surface area contributed by atoms with E-state index in [-0.39, 0.29) is 5.41 Å². The van der Waals surface area contributed by atoms with Gasteiger partial charge in [0.25, 0.3) is 0 Å². The van der Waals surface area contributed by atoms with Gasteiger partial charge in [-0.1, -0.05) is 61.0 Å². The van der Waals surface area contributed by atoms with E-state index in [4.69, 9.17) is 0 Å². The second kappa shape index (κ2) is 5.36. The largest absolute Gasteiger partial charge is 0.160 e. The van der Waals surface area contributed by atoms with Gasteiger partial charge in [-0.25, -0.2) is 0 Å². The second-order valence-corrected chi connectivity index (χ2v) is 8.22. The van der Waals surface area contributed by atoms with Crippen LogP contribution in [0.2, 0.25) is 0 Å². The van der Waals surface area contributed by atoms with E-state index < -0.39 is 0 Å². The molecule has 0 saturated carbocycles. The van der Waals surface area contributed by atoms with E-state index in [0.29, 0.717) is 4.83 Å². The van der Waals surface area contributed by atoms with Gasteiger partial charge in [0, 0.05) is 10.6 Å². The Labute approximate surface area is 118 Å². The van der Waals surface area contributed by atoms with E-state index >= 15 is 0 Å². The molecule has 1 aromatic rings. The maximum atomic E-state index is 3.79. The van der Waals surface area contributed by atoms with Gasteiger partial charge in [-0.3, -0.25) is 0 Å². The van der Waals surface area contributed by atoms with Crippen molar-refractivity contribution < 1.29 is 0 Å². The molecule has 17 heavy (non-hydrogen) atoms. The van der Waals surface area contributed by atoms with Gasteiger partial charge in [-0.05, 0) is 34.6 Å². The molecule has 2 rings (SSSR count). The Bertz CT molecular complexity index is 364. The monoisotopic (exact) mass is 312 g/mol. The van der Waals surface area contributed by atoms with Gasteiger partial charge >= 0.3 is 0 Å². The molecular weight excluding hydrogens is 292 g/mol. The number of rotatable bonds is 2. The molecule has 0 nitrogen and oxygen atoms in total. The predicted molar refractivity (Wildman–Crippen MR) is 82.4 cm³/mol. The second-order valence-electron chi connectivity index (χ2n) is 5.96. The van der Waals surface area contributed by atoms with Gasteiger partial charge in [0.15, 0.2) is 0 Å². The first-order valence-corrected chi connectivity index (χ1v) is 8.35. The van der Waals surface area contributed by atoms with Crippen LogP contribution in [0.4, 0.5) is 0 Å². The van der Waals surface area contributed by atoms with Crippen molar-refractivity contribution in [3.63, 3.8) is 0 Å². The van der Waals surface area contributed by atoms with Gasteiger partial charge in [-0.15, -0.1) is 0 Å². The van der Waals surface area contributed by atoms with Gasteiger partial charge in [0.2, 0.25) is 0 Å². The predicted octanol–water partition coefficient (Wildman–Crippen LogP) is 4.65. The van der Waals surface area contributed by atoms with Crippen LogP contribution in [0.5, 0.6) is 0 Å². The first-order chi connectivity index (χ1) is 7.97. The SMILES string of the molecule is CC(C)(C)c1ccc(CC2CSCC2Br)cc1. The zero-order valence-corrected chi connectivity index (χ0v) is 13.3. The maximum Gasteiger partial charge on any atom is 0.0275 e. The van der Waals surface area contributed by atoms with Crippen LogP contribution in [0.3, 0.4) is 0 Å². The van der Waals surface area contributed by atoms with Crippen molar-refractivity contribution in [3.05, 3.63) is 35.4 Å². The lowest BCUT2D eigenvalue weighted by Crippen LogP contribution is -2.15. The zero-order chi connectivity index (χ0) is 12.5. The van der Waals surface area contributed by atoms with Crippen LogP contribution in [0, 0.1) is 5.92 Å². The summed E-state index contributed by atoms with van der Waals surface area (Å²) in [5, 5.41) is 0. The minimum atomic E-state index is 0.264. The fraction of sp³-hybridized carbons (Fsp3) is 0.600. The van der Waals surface area contributed by atoms with Crippen LogP contribution >= 0.6 is 27.7 Å². The molecule has 1 aromatic carbocycles. The summed E-state index contributed by atoms with van der Waals surface area (Å²) in [6.45, 7) is 6.80. The van der Waals surface area contributed by atoms with E-state index in [1.807, 2.05) is 0 Å². The molecule has 0 spiro atoms. The molecule has 0 aliphatic carbocycles. The van der Waals surface area contributed by atoms with Crippen molar-refractivity contribution in [1.29, 1.82) is 0 Å². The highest BCUT2D eigenvalue weighted by Crippen LogP contribution is 2.32. The highest BCUT2D eigenvalue weighted by Gasteiger charge is 2.25. The van der Waals surface area contributed by atoms with Crippen molar-refractivity contribution >= 4 is 27.7 Å². The Morgan fingerprint density at radius 1 is 1.18 bits per heavy atom. The number of alkyl halides is 1. The van der Waals surface area contributed by atoms with Gasteiger partial charge in [-0.2, -0.15) is 11.8 Å². The molecule has 1 saturated heterocycles. The molecule has 2 atom stereocenters. The average Bonchev–Trinajstić information content (AvgIpc) is 2.64. The Morgan fingerprint density at radius 2 is 1.82 bits per heavy atom. The van der Waals surface area contributed by atoms with Crippen LogP contribution in [0.25, 0.3) is 0 Å². The quantitative estimate of drug-likeness (QED) is 0.716. The molecule has 0 amide bonds. The average molecular weight is 313 g/mol. The summed E-state index contributed by atoms with van der Waals surface area (Å²) >= 11 is 5.86. The van der Waals surface area contributed by atoms with Gasteiger partial charge in [0.1, 0.15) is 0 Å². The van der Waals surface area contributed by atoms with Gasteiger partial charge in [0.05, 0.1) is 0 Å². The summed E-state index contributed by atoms with van der Waals surface area (Å²) < 4.78 is 0. The number of benzene rings is 1. The molecule has 0 aromatic heterocycles. The maximum absolute atomic E-state index is 3.79. The molecule has 1 heterocycles. The lowest BCUT2D eigenvalue weighted by molar-refractivity contribution is 0.587. The van der Waals surface area contributed by atoms with Crippen molar-refractivity contribution in [2.45, 2.75) is 37.4 Å². The third-order valence-corrected chi connectivity index (χ3v) is 6.20. The minimum absolute atomic E-state index is 0.264. The van der Waals surface area contributed by atoms with Gasteiger partial charge < -0.3 is 0 Å². The smallest absolute Gasteiger partial charge is 0.0275 e. The molecule has 0 bridgehead atoms. The lowest BCUT2D eigenvalue weighted by Gasteiger charge is -2.20. The highest BCUT2D eigenvalue weighted by molar-refractivity contribution is 9.09. The third-order valence-electron chi connectivity index (χ3n) is 3.44. The Kier molecular flexibility index (Phi) is 4.25. The standard InChI is InChI=1S/C15H21BrS/c1-15(2,3)13-6-4-11(5-7-13)8-12-9-17-10-14(12)16/h4-7,12,14H,8-10H2,1-3H3. The van der Waals surface area contributed by atoms with E-state index in [1.165, 1.54) is 29.1 Å². The summed E-state index contributed by atoms with van der Waals surface area (Å²) in [7, 11) is 0. The summed E-state index contributed by atoms with van der Waals surface area (Å²) in [4.78, 5) is 0.704. The molecule has 1 fully saturated rings. The van der Waals surface area contributed by atoms with E-state index in [1.54, 1.807) is 0 Å². The number of hydrogen-bond donors (Lipinski definition) is 0. The normalized spacial score (nSPS) is 25.2. The van der Waals surface area contributed by atoms with Crippen LogP contribution in [-0.4, -0.2) is 16.3 Å². The van der Waals surface area contributed by atoms with Crippen LogP contribution in [0.15, 0.2) is 24.3 Å². The summed E-state index contributed by atoms with van der Waals surface area (Å²) in [6, 6.07) is 9.20. The van der Waals surface area contributed by atoms with E-state index in [2.05, 4.69) is 72.7 Å². The molecule has 2 heteroatoms. The first kappa shape index (κ1) is 13.5. The molecule has 0 N–H and O–H groups in total. The molecular formula is C15H21BrS. The fourth-order valence-corrected chi connectivity index (χ4v) is 4.67. The van der Waals surface area contributed by atoms with E-state index in [0.717, 1.165) is 5.92 Å². The Balaban J connectivity index is 2.03. The third kappa shape index (κ3) is 3.51. The van der Waals surface area contributed by atoms with Crippen molar-refractivity contribution in [2.24, 2.45) is 5.92 Å². The number of thioether (sulfide) groups is 1. The van der Waals surface area contributed by atoms with Crippen molar-refractivity contribution in [1.82, 2.24) is 0 Å². The molecule has 94 valence electrons. The fourth-order valence-electron chi connectivity index (χ4n) is 2.20. The number of halogens is 1. The number of hydrogen-bond acceptors (Lipinski definition) is 1. The molecule has 2 unspecified atom stereocenters. The zero-order valence-electron chi connectivity index (χ0n) is 10.9. The summed E-state index contributed by atoms with van der Waals surface area (Å²) in [5.41, 5.74) is 3.17. The molecule has 0 radical (unpaired) electrons. The Hall–Kier alpha value is 0.0500. The summed E-state index contributed by atoms with van der Waals surface area (Å²) in [5.74, 6) is 3.38. The summed E-state index contributed by atoms with van der Waals surface area (Å²) in [6.07, 6.45) is 1.22. The van der Waals surface area contributed by atoms with Crippen LogP contribution in [-0.2, 0) is 11.8 Å². The van der Waals surface area contributed by atoms with Crippen LogP contribution < -0.4 is 0 Å². The van der Waals surface area contributed by atoms with Crippen molar-refractivity contribution in [3.8, 4) is 0 Å². The minimum Gasteiger partial charge on any atom is -0.160 e. The van der Waals surface area contributed by atoms with Crippen LogP contribution in [0.1, 0.15) is 31.9 Å². The first-order valence-electron chi connectivity index (χ1n) is 6.28. The molecule has 1 aliphatic heterocycles. The highest BCUT2D eigenvalue weighted by atomic mass is 79.9. The van der Waals surface area contributed by atoms with Crippen molar-refractivity contribution in [2.75, 3.05) is 11.5 Å². The topological polar surface area (TPSA) is 0 Å². The lowest BCUT2D eigenvalue weighted by atomic mass is 9.86. The molecule has 1 aliphatic rings. The Morgan fingerprint density at radius 3 is 2.29 bits per heavy atom.